The van der Waals surface area contributed by atoms with Crippen molar-refractivity contribution in [3.05, 3.63) is 47.5 Å². The number of hydrogen-bond donors (Lipinski definition) is 1. The quantitative estimate of drug-likeness (QED) is 0.538. The zero-order chi connectivity index (χ0) is 22.3. The molecule has 1 amide bonds. The summed E-state index contributed by atoms with van der Waals surface area (Å²) in [6, 6.07) is 10.1. The van der Waals surface area contributed by atoms with Crippen LogP contribution < -0.4 is 19.5 Å². The summed E-state index contributed by atoms with van der Waals surface area (Å²) in [6.45, 7) is 1.84. The molecule has 162 valence electrons. The third-order valence-corrected chi connectivity index (χ3v) is 5.97. The molecule has 1 unspecified atom stereocenters. The molecule has 0 aromatic heterocycles. The molecule has 1 fully saturated rings. The van der Waals surface area contributed by atoms with Gasteiger partial charge in [-0.2, -0.15) is 0 Å². The number of amides is 1. The van der Waals surface area contributed by atoms with E-state index in [1.165, 1.54) is 33.5 Å². The predicted octanol–water partition coefficient (Wildman–Crippen LogP) is 2.59. The number of Topliss-reactive ketones (excluding diaryl/α,β-unsaturated/α-hetero) is 1. The maximum atomic E-state index is 13.6. The van der Waals surface area contributed by atoms with Crippen LogP contribution >= 0.6 is 0 Å². The largest absolute Gasteiger partial charge is 0.493 e. The summed E-state index contributed by atoms with van der Waals surface area (Å²) >= 11 is 0. The van der Waals surface area contributed by atoms with E-state index >= 15 is 0 Å². The Morgan fingerprint density at radius 1 is 1.00 bits per heavy atom. The highest BCUT2D eigenvalue weighted by Crippen LogP contribution is 2.66. The fourth-order valence-electron chi connectivity index (χ4n) is 4.62. The molecule has 8 nitrogen and oxygen atoms in total. The molecule has 1 heterocycles. The zero-order valence-corrected chi connectivity index (χ0v) is 17.7. The van der Waals surface area contributed by atoms with E-state index in [0.717, 1.165) is 0 Å². The average molecular weight is 425 g/mol. The van der Waals surface area contributed by atoms with Crippen molar-refractivity contribution in [2.45, 2.75) is 12.3 Å². The second-order valence-corrected chi connectivity index (χ2v) is 7.35. The molecule has 0 radical (unpaired) electrons. The van der Waals surface area contributed by atoms with Crippen LogP contribution in [0.25, 0.3) is 0 Å². The van der Waals surface area contributed by atoms with Crippen molar-refractivity contribution in [2.24, 2.45) is 11.8 Å². The molecule has 1 aliphatic heterocycles. The molecule has 2 aliphatic rings. The van der Waals surface area contributed by atoms with Gasteiger partial charge in [-0.05, 0) is 30.7 Å². The molecular weight excluding hydrogens is 402 g/mol. The molecule has 31 heavy (non-hydrogen) atoms. The standard InChI is InChI=1S/C23H23NO7/c1-5-31-21(26)18-17(23(18)13-8-6-7-9-14(13)24-22(23)27)19(25)12-10-15(28-2)20(30-4)16(11-12)29-3/h6-11,17-18H,5H2,1-4H3,(H,24,27)/t17-,18-,23?/m1/s1. The minimum Gasteiger partial charge on any atom is -0.493 e. The van der Waals surface area contributed by atoms with E-state index in [4.69, 9.17) is 18.9 Å². The van der Waals surface area contributed by atoms with Crippen LogP contribution in [-0.2, 0) is 19.7 Å². The zero-order valence-electron chi connectivity index (χ0n) is 17.7. The van der Waals surface area contributed by atoms with E-state index in [-0.39, 0.29) is 23.9 Å². The molecule has 3 atom stereocenters. The lowest BCUT2D eigenvalue weighted by molar-refractivity contribution is -0.146. The molecule has 4 rings (SSSR count). The molecule has 0 saturated heterocycles. The number of ketones is 1. The van der Waals surface area contributed by atoms with Crippen LogP contribution in [0.15, 0.2) is 36.4 Å². The van der Waals surface area contributed by atoms with Crippen LogP contribution in [0.5, 0.6) is 17.2 Å². The second kappa shape index (κ2) is 7.61. The Morgan fingerprint density at radius 2 is 1.65 bits per heavy atom. The smallest absolute Gasteiger partial charge is 0.311 e. The molecule has 8 heteroatoms. The van der Waals surface area contributed by atoms with Crippen molar-refractivity contribution in [3.63, 3.8) is 0 Å². The summed E-state index contributed by atoms with van der Waals surface area (Å²) in [5, 5.41) is 2.81. The topological polar surface area (TPSA) is 100 Å². The number of nitrogens with one attached hydrogen (secondary N) is 1. The highest BCUT2D eigenvalue weighted by Gasteiger charge is 2.79. The Hall–Kier alpha value is -3.55. The Morgan fingerprint density at radius 3 is 2.23 bits per heavy atom. The van der Waals surface area contributed by atoms with E-state index in [0.29, 0.717) is 28.5 Å². The number of esters is 1. The second-order valence-electron chi connectivity index (χ2n) is 7.35. The fraction of sp³-hybridized carbons (Fsp3) is 0.348. The molecule has 1 saturated carbocycles. The van der Waals surface area contributed by atoms with Gasteiger partial charge in [0.2, 0.25) is 11.7 Å². The van der Waals surface area contributed by atoms with Gasteiger partial charge < -0.3 is 24.3 Å². The first-order chi connectivity index (χ1) is 14.9. The average Bonchev–Trinajstić information content (AvgIpc) is 3.40. The summed E-state index contributed by atoms with van der Waals surface area (Å²) in [4.78, 5) is 39.5. The van der Waals surface area contributed by atoms with Crippen LogP contribution in [0, 0.1) is 11.8 Å². The van der Waals surface area contributed by atoms with E-state index in [1.54, 1.807) is 31.2 Å². The third kappa shape index (κ3) is 2.85. The number of hydrogen-bond acceptors (Lipinski definition) is 7. The van der Waals surface area contributed by atoms with Crippen LogP contribution in [0.4, 0.5) is 5.69 Å². The fourth-order valence-corrected chi connectivity index (χ4v) is 4.62. The van der Waals surface area contributed by atoms with Crippen LogP contribution in [-0.4, -0.2) is 45.6 Å². The van der Waals surface area contributed by atoms with Gasteiger partial charge in [0.05, 0.1) is 39.8 Å². The summed E-state index contributed by atoms with van der Waals surface area (Å²) < 4.78 is 21.2. The van der Waals surface area contributed by atoms with Crippen LogP contribution in [0.3, 0.4) is 0 Å². The summed E-state index contributed by atoms with van der Waals surface area (Å²) in [6.07, 6.45) is 0. The number of ether oxygens (including phenoxy) is 4. The van der Waals surface area contributed by atoms with Gasteiger partial charge in [-0.15, -0.1) is 0 Å². The van der Waals surface area contributed by atoms with Crippen molar-refractivity contribution in [2.75, 3.05) is 33.3 Å². The normalized spacial score (nSPS) is 23.0. The van der Waals surface area contributed by atoms with Gasteiger partial charge in [0.15, 0.2) is 17.3 Å². The van der Waals surface area contributed by atoms with E-state index in [1.807, 2.05) is 0 Å². The maximum Gasteiger partial charge on any atom is 0.311 e. The minimum atomic E-state index is -1.29. The van der Waals surface area contributed by atoms with Gasteiger partial charge in [-0.3, -0.25) is 14.4 Å². The SMILES string of the molecule is CCOC(=O)[C@H]1[C@H](C(=O)c2cc(OC)c(OC)c(OC)c2)C12C(=O)Nc1ccccc12. The van der Waals surface area contributed by atoms with Crippen molar-refractivity contribution >= 4 is 23.3 Å². The Kier molecular flexibility index (Phi) is 5.08. The third-order valence-electron chi connectivity index (χ3n) is 5.97. The number of methoxy groups -OCH3 is 3. The lowest BCUT2D eigenvalue weighted by Crippen LogP contribution is -2.26. The van der Waals surface area contributed by atoms with Crippen molar-refractivity contribution in [1.29, 1.82) is 0 Å². The van der Waals surface area contributed by atoms with Gasteiger partial charge >= 0.3 is 5.97 Å². The number of carbonyl (C=O) groups is 3. The van der Waals surface area contributed by atoms with Crippen molar-refractivity contribution < 1.29 is 33.3 Å². The maximum absolute atomic E-state index is 13.6. The van der Waals surface area contributed by atoms with Crippen molar-refractivity contribution in [1.82, 2.24) is 0 Å². The Balaban J connectivity index is 1.82. The van der Waals surface area contributed by atoms with Gasteiger partial charge in [-0.25, -0.2) is 0 Å². The first-order valence-electron chi connectivity index (χ1n) is 9.87. The molecule has 1 aliphatic carbocycles. The van der Waals surface area contributed by atoms with E-state index < -0.39 is 23.2 Å². The number of benzene rings is 2. The number of rotatable bonds is 7. The summed E-state index contributed by atoms with van der Waals surface area (Å²) in [5.74, 6) is -2.17. The molecule has 2 aromatic rings. The molecule has 0 bridgehead atoms. The number of para-hydroxylation sites is 1. The first kappa shape index (κ1) is 20.7. The Labute approximate surface area is 179 Å². The lowest BCUT2D eigenvalue weighted by Gasteiger charge is -2.14. The highest BCUT2D eigenvalue weighted by atomic mass is 16.5. The van der Waals surface area contributed by atoms with Crippen LogP contribution in [0.2, 0.25) is 0 Å². The monoisotopic (exact) mass is 425 g/mol. The summed E-state index contributed by atoms with van der Waals surface area (Å²) in [7, 11) is 4.37. The molecule has 2 aromatic carbocycles. The number of carbonyl (C=O) groups excluding carboxylic acids is 3. The van der Waals surface area contributed by atoms with E-state index in [9.17, 15) is 14.4 Å². The number of fused-ring (bicyclic) bond motifs is 2. The number of anilines is 1. The minimum absolute atomic E-state index is 0.153. The lowest BCUT2D eigenvalue weighted by atomic mass is 9.91. The van der Waals surface area contributed by atoms with Gasteiger partial charge in [0.25, 0.3) is 0 Å². The summed E-state index contributed by atoms with van der Waals surface area (Å²) in [5.41, 5.74) is 0.189. The molecular formula is C23H23NO7. The van der Waals surface area contributed by atoms with Gasteiger partial charge in [-0.1, -0.05) is 18.2 Å². The van der Waals surface area contributed by atoms with E-state index in [2.05, 4.69) is 5.32 Å². The Bertz CT molecular complexity index is 1050. The molecule has 1 N–H and O–H groups in total. The highest BCUT2D eigenvalue weighted by molar-refractivity contribution is 6.20. The van der Waals surface area contributed by atoms with Crippen molar-refractivity contribution in [3.8, 4) is 17.2 Å². The first-order valence-corrected chi connectivity index (χ1v) is 9.87. The molecule has 1 spiro atoms. The predicted molar refractivity (Wildman–Crippen MR) is 111 cm³/mol. The van der Waals surface area contributed by atoms with Crippen LogP contribution in [0.1, 0.15) is 22.8 Å². The van der Waals surface area contributed by atoms with Gasteiger partial charge in [0, 0.05) is 11.3 Å². The van der Waals surface area contributed by atoms with Gasteiger partial charge in [0.1, 0.15) is 5.41 Å².